The summed E-state index contributed by atoms with van der Waals surface area (Å²) in [7, 11) is -4.28. The number of sulfonamides is 1. The zero-order chi connectivity index (χ0) is 40.4. The molecule has 1 saturated heterocycles. The van der Waals surface area contributed by atoms with Gasteiger partial charge in [0.2, 0.25) is 33.5 Å². The molecular weight excluding hydrogens is 720 g/mol. The minimum absolute atomic E-state index is 0.0229. The molecule has 2 aromatic carbocycles. The van der Waals surface area contributed by atoms with E-state index in [-0.39, 0.29) is 30.7 Å². The highest BCUT2D eigenvalue weighted by atomic mass is 32.2. The van der Waals surface area contributed by atoms with Crippen LogP contribution in [0, 0.1) is 17.7 Å². The van der Waals surface area contributed by atoms with Gasteiger partial charge in [0.25, 0.3) is 0 Å². The molecule has 54 heavy (non-hydrogen) atoms. The molecule has 3 rings (SSSR count). The van der Waals surface area contributed by atoms with Crippen LogP contribution in [0.4, 0.5) is 4.39 Å². The molecule has 1 aliphatic rings. The van der Waals surface area contributed by atoms with E-state index in [4.69, 9.17) is 10.5 Å². The Morgan fingerprint density at radius 1 is 0.981 bits per heavy atom. The van der Waals surface area contributed by atoms with Crippen LogP contribution in [0.3, 0.4) is 0 Å². The van der Waals surface area contributed by atoms with Crippen LogP contribution < -0.4 is 15.8 Å². The zero-order valence-corrected chi connectivity index (χ0v) is 32.6. The molecule has 0 bridgehead atoms. The van der Waals surface area contributed by atoms with Crippen molar-refractivity contribution in [3.8, 4) is 0 Å². The molecule has 0 aromatic heterocycles. The van der Waals surface area contributed by atoms with Crippen molar-refractivity contribution in [1.29, 1.82) is 0 Å². The number of hydrogen-bond acceptors (Lipinski definition) is 9. The summed E-state index contributed by atoms with van der Waals surface area (Å²) in [5, 5.41) is 2.50. The Balaban J connectivity index is 1.79. The molecule has 5 atom stereocenters. The summed E-state index contributed by atoms with van der Waals surface area (Å²) in [6.45, 7) is 10.6. The lowest BCUT2D eigenvalue weighted by Gasteiger charge is -2.31. The van der Waals surface area contributed by atoms with Crippen molar-refractivity contribution in [2.45, 2.75) is 121 Å². The SMILES string of the molecule is CCCCC(CC(=O)[C@@H]1C[C@@H](OC(C)(C)C)CN1C(=O)[C@@H](NS(=O)(=O)c1ccc(F)cc1)C(C)C)C(=O)C(=O)CCC(=O)N[C@H](C(N)=O)c1ccccc1. The molecule has 1 heterocycles. The van der Waals surface area contributed by atoms with E-state index < -0.39 is 105 Å². The van der Waals surface area contributed by atoms with E-state index in [1.165, 1.54) is 4.90 Å². The third kappa shape index (κ3) is 12.6. The largest absolute Gasteiger partial charge is 0.371 e. The maximum absolute atomic E-state index is 14.2. The molecule has 0 radical (unpaired) electrons. The number of nitrogens with one attached hydrogen (secondary N) is 2. The van der Waals surface area contributed by atoms with Crippen LogP contribution in [0.15, 0.2) is 59.5 Å². The summed E-state index contributed by atoms with van der Waals surface area (Å²) in [6, 6.07) is 8.96. The average Bonchev–Trinajstić information content (AvgIpc) is 3.52. The number of amides is 3. The lowest BCUT2D eigenvalue weighted by molar-refractivity contribution is -0.143. The Labute approximate surface area is 317 Å². The Bertz CT molecular complexity index is 1760. The van der Waals surface area contributed by atoms with E-state index in [0.717, 1.165) is 24.3 Å². The highest BCUT2D eigenvalue weighted by Gasteiger charge is 2.45. The van der Waals surface area contributed by atoms with Gasteiger partial charge in [0.1, 0.15) is 17.9 Å². The number of ether oxygens (including phenoxy) is 1. The summed E-state index contributed by atoms with van der Waals surface area (Å²) < 4.78 is 48.6. The number of nitrogens with zero attached hydrogens (tertiary/aromatic N) is 1. The van der Waals surface area contributed by atoms with E-state index in [2.05, 4.69) is 10.0 Å². The lowest BCUT2D eigenvalue weighted by atomic mass is 9.87. The van der Waals surface area contributed by atoms with Gasteiger partial charge in [0.05, 0.1) is 22.6 Å². The molecule has 1 fully saturated rings. The maximum atomic E-state index is 14.2. The first kappa shape index (κ1) is 44.1. The number of halogens is 1. The fraction of sp³-hybridized carbons (Fsp3) is 0.538. The minimum atomic E-state index is -4.28. The van der Waals surface area contributed by atoms with Gasteiger partial charge in [-0.1, -0.05) is 63.9 Å². The van der Waals surface area contributed by atoms with Gasteiger partial charge in [-0.05, 0) is 62.9 Å². The Kier molecular flexibility index (Phi) is 15.8. The van der Waals surface area contributed by atoms with Gasteiger partial charge in [0, 0.05) is 38.1 Å². The predicted molar refractivity (Wildman–Crippen MR) is 198 cm³/mol. The number of ketones is 3. The van der Waals surface area contributed by atoms with Crippen LogP contribution in [0.5, 0.6) is 0 Å². The molecule has 296 valence electrons. The highest BCUT2D eigenvalue weighted by molar-refractivity contribution is 7.89. The summed E-state index contributed by atoms with van der Waals surface area (Å²) in [4.78, 5) is 80.7. The van der Waals surface area contributed by atoms with Crippen molar-refractivity contribution in [2.24, 2.45) is 17.6 Å². The summed E-state index contributed by atoms with van der Waals surface area (Å²) in [5.74, 6) is -6.49. The Morgan fingerprint density at radius 3 is 2.17 bits per heavy atom. The fourth-order valence-electron chi connectivity index (χ4n) is 6.36. The molecule has 1 aliphatic heterocycles. The third-order valence-electron chi connectivity index (χ3n) is 9.08. The van der Waals surface area contributed by atoms with E-state index >= 15 is 0 Å². The Morgan fingerprint density at radius 2 is 1.61 bits per heavy atom. The monoisotopic (exact) mass is 772 g/mol. The second-order valence-electron chi connectivity index (χ2n) is 15.0. The number of carbonyl (C=O) groups is 6. The molecule has 2 aromatic rings. The molecule has 0 spiro atoms. The lowest BCUT2D eigenvalue weighted by Crippen LogP contribution is -2.54. The number of likely N-dealkylation sites (tertiary alicyclic amines) is 1. The topological polar surface area (TPSA) is 199 Å². The number of primary amides is 1. The second-order valence-corrected chi connectivity index (χ2v) is 16.7. The number of rotatable bonds is 20. The van der Waals surface area contributed by atoms with Crippen molar-refractivity contribution >= 4 is 45.1 Å². The van der Waals surface area contributed by atoms with Crippen LogP contribution in [0.25, 0.3) is 0 Å². The predicted octanol–water partition coefficient (Wildman–Crippen LogP) is 3.94. The van der Waals surface area contributed by atoms with E-state index in [0.29, 0.717) is 18.4 Å². The first-order valence-electron chi connectivity index (χ1n) is 18.2. The van der Waals surface area contributed by atoms with Gasteiger partial charge < -0.3 is 20.7 Å². The van der Waals surface area contributed by atoms with Crippen LogP contribution in [-0.4, -0.2) is 78.7 Å². The molecule has 1 unspecified atom stereocenters. The number of carbonyl (C=O) groups excluding carboxylic acids is 6. The number of unbranched alkanes of at least 4 members (excludes halogenated alkanes) is 1. The van der Waals surface area contributed by atoms with Gasteiger partial charge in [0.15, 0.2) is 11.6 Å². The smallest absolute Gasteiger partial charge is 0.244 e. The zero-order valence-electron chi connectivity index (χ0n) is 31.8. The third-order valence-corrected chi connectivity index (χ3v) is 10.5. The Hall–Kier alpha value is -4.34. The summed E-state index contributed by atoms with van der Waals surface area (Å²) >= 11 is 0. The van der Waals surface area contributed by atoms with Crippen LogP contribution in [0.2, 0.25) is 0 Å². The number of Topliss-reactive ketones (excluding diaryl/α,β-unsaturated/α-hetero) is 3. The number of hydrogen-bond donors (Lipinski definition) is 3. The van der Waals surface area contributed by atoms with E-state index in [9.17, 15) is 41.6 Å². The van der Waals surface area contributed by atoms with Gasteiger partial charge in [-0.25, -0.2) is 12.8 Å². The molecule has 4 N–H and O–H groups in total. The van der Waals surface area contributed by atoms with Crippen molar-refractivity contribution in [3.05, 3.63) is 66.0 Å². The minimum Gasteiger partial charge on any atom is -0.371 e. The maximum Gasteiger partial charge on any atom is 0.244 e. The standard InChI is InChI=1S/C39H53FN4O9S/c1-7-8-12-26(36(48)31(45)19-20-33(47)42-35(37(41)49)25-13-10-9-11-14-25)21-32(46)30-22-28(53-39(4,5)6)23-44(30)38(50)34(24(2)3)43-54(51,52)29-17-15-27(40)16-18-29/h9-11,13-18,24,26,28,30,34-35,43H,7-8,12,19-23H2,1-6H3,(H2,41,49)(H,42,47)/t26?,28-,30+,34+,35+/m1/s1. The normalized spacial score (nSPS) is 17.8. The first-order valence-corrected chi connectivity index (χ1v) is 19.7. The molecule has 0 saturated carbocycles. The van der Waals surface area contributed by atoms with E-state index in [1.807, 2.05) is 27.7 Å². The first-order chi connectivity index (χ1) is 25.2. The number of nitrogens with two attached hydrogens (primary N) is 1. The quantitative estimate of drug-likeness (QED) is 0.167. The average molecular weight is 773 g/mol. The molecular formula is C39H53FN4O9S. The molecule has 15 heteroatoms. The molecule has 13 nitrogen and oxygen atoms in total. The van der Waals surface area contributed by atoms with Crippen molar-refractivity contribution in [3.63, 3.8) is 0 Å². The molecule has 0 aliphatic carbocycles. The van der Waals surface area contributed by atoms with Crippen molar-refractivity contribution < 1.29 is 46.3 Å². The van der Waals surface area contributed by atoms with Crippen molar-refractivity contribution in [2.75, 3.05) is 6.54 Å². The van der Waals surface area contributed by atoms with Crippen LogP contribution >= 0.6 is 0 Å². The van der Waals surface area contributed by atoms with Crippen LogP contribution in [-0.2, 0) is 43.5 Å². The molecule has 3 amide bonds. The fourth-order valence-corrected chi connectivity index (χ4v) is 7.70. The summed E-state index contributed by atoms with van der Waals surface area (Å²) in [6.07, 6.45) is -0.305. The van der Waals surface area contributed by atoms with Gasteiger partial charge in [-0.15, -0.1) is 0 Å². The van der Waals surface area contributed by atoms with Gasteiger partial charge in [-0.3, -0.25) is 28.8 Å². The van der Waals surface area contributed by atoms with Crippen molar-refractivity contribution in [1.82, 2.24) is 14.9 Å². The van der Waals surface area contributed by atoms with E-state index in [1.54, 1.807) is 44.2 Å². The highest BCUT2D eigenvalue weighted by Crippen LogP contribution is 2.30. The van der Waals surface area contributed by atoms with Crippen LogP contribution in [0.1, 0.15) is 98.1 Å². The van der Waals surface area contributed by atoms with Gasteiger partial charge in [-0.2, -0.15) is 4.72 Å². The van der Waals surface area contributed by atoms with Gasteiger partial charge >= 0.3 is 0 Å². The summed E-state index contributed by atoms with van der Waals surface area (Å²) in [5.41, 5.74) is 5.29. The second kappa shape index (κ2) is 19.3. The number of benzene rings is 2.